The normalized spacial score (nSPS) is 17.7. The van der Waals surface area contributed by atoms with E-state index >= 15 is 0 Å². The smallest absolute Gasteiger partial charge is 0.211 e. The van der Waals surface area contributed by atoms with Crippen LogP contribution in [0.3, 0.4) is 0 Å². The minimum absolute atomic E-state index is 0.278. The van der Waals surface area contributed by atoms with Gasteiger partial charge in [0.15, 0.2) is 0 Å². The van der Waals surface area contributed by atoms with Gasteiger partial charge >= 0.3 is 0 Å². The van der Waals surface area contributed by atoms with Crippen LogP contribution >= 0.6 is 0 Å². The molecule has 0 aromatic heterocycles. The highest BCUT2D eigenvalue weighted by Crippen LogP contribution is 2.45. The van der Waals surface area contributed by atoms with Crippen LogP contribution in [0.4, 0.5) is 4.39 Å². The molecule has 0 N–H and O–H groups in total. The van der Waals surface area contributed by atoms with Crippen LogP contribution in [-0.2, 0) is 10.3 Å². The second kappa shape index (κ2) is 3.59. The Morgan fingerprint density at radius 1 is 1.47 bits per heavy atom. The molecule has 1 saturated carbocycles. The second-order valence-corrected chi connectivity index (χ2v) is 4.07. The van der Waals surface area contributed by atoms with Crippen LogP contribution in [0.2, 0.25) is 0 Å². The minimum atomic E-state index is -0.627. The molecule has 0 atom stereocenters. The Labute approximate surface area is 87.8 Å². The number of carbonyl (C=O) groups excluding carboxylic acids is 1. The molecule has 1 aliphatic carbocycles. The highest BCUT2D eigenvalue weighted by molar-refractivity contribution is 5.40. The average Bonchev–Trinajstić information content (AvgIpc) is 2.16. The summed E-state index contributed by atoms with van der Waals surface area (Å²) in [6.07, 6.45) is 4.03. The molecule has 0 amide bonds. The SMILES string of the molecule is Cc1ccc(F)c(C2(N=C=O)CCC2)c1. The molecule has 78 valence electrons. The van der Waals surface area contributed by atoms with Crippen molar-refractivity contribution in [3.05, 3.63) is 35.1 Å². The summed E-state index contributed by atoms with van der Waals surface area (Å²) >= 11 is 0. The Morgan fingerprint density at radius 3 is 2.73 bits per heavy atom. The summed E-state index contributed by atoms with van der Waals surface area (Å²) in [6.45, 7) is 1.90. The van der Waals surface area contributed by atoms with Crippen LogP contribution in [0.5, 0.6) is 0 Å². The number of aliphatic imine (C=N–C) groups is 1. The number of isocyanates is 1. The maximum Gasteiger partial charge on any atom is 0.235 e. The fourth-order valence-electron chi connectivity index (χ4n) is 2.04. The number of rotatable bonds is 2. The van der Waals surface area contributed by atoms with Crippen LogP contribution < -0.4 is 0 Å². The van der Waals surface area contributed by atoms with Crippen LogP contribution in [0.15, 0.2) is 23.2 Å². The van der Waals surface area contributed by atoms with Crippen molar-refractivity contribution in [1.82, 2.24) is 0 Å². The summed E-state index contributed by atoms with van der Waals surface area (Å²) in [6, 6.07) is 4.93. The van der Waals surface area contributed by atoms with Gasteiger partial charge in [0.2, 0.25) is 6.08 Å². The molecular weight excluding hydrogens is 193 g/mol. The molecule has 15 heavy (non-hydrogen) atoms. The van der Waals surface area contributed by atoms with Gasteiger partial charge in [-0.15, -0.1) is 0 Å². The Balaban J connectivity index is 2.51. The van der Waals surface area contributed by atoms with Gasteiger partial charge < -0.3 is 0 Å². The van der Waals surface area contributed by atoms with E-state index in [9.17, 15) is 9.18 Å². The minimum Gasteiger partial charge on any atom is -0.211 e. The number of hydrogen-bond acceptors (Lipinski definition) is 2. The van der Waals surface area contributed by atoms with E-state index in [1.54, 1.807) is 18.2 Å². The maximum absolute atomic E-state index is 13.6. The summed E-state index contributed by atoms with van der Waals surface area (Å²) in [5, 5.41) is 0. The molecule has 1 aromatic carbocycles. The van der Waals surface area contributed by atoms with E-state index in [-0.39, 0.29) is 5.82 Å². The predicted octanol–water partition coefficient (Wildman–Crippen LogP) is 2.85. The van der Waals surface area contributed by atoms with Crippen molar-refractivity contribution in [3.63, 3.8) is 0 Å². The Bertz CT molecular complexity index is 431. The quantitative estimate of drug-likeness (QED) is 0.539. The molecule has 0 saturated heterocycles. The molecule has 0 bridgehead atoms. The molecular formula is C12H12FNO. The van der Waals surface area contributed by atoms with Gasteiger partial charge in [-0.3, -0.25) is 0 Å². The maximum atomic E-state index is 13.6. The van der Waals surface area contributed by atoms with Gasteiger partial charge in [-0.1, -0.05) is 17.7 Å². The van der Waals surface area contributed by atoms with Crippen molar-refractivity contribution in [2.45, 2.75) is 31.7 Å². The van der Waals surface area contributed by atoms with Crippen molar-refractivity contribution in [2.75, 3.05) is 0 Å². The van der Waals surface area contributed by atoms with Gasteiger partial charge in [-0.05, 0) is 32.3 Å². The molecule has 0 spiro atoms. The van der Waals surface area contributed by atoms with Crippen molar-refractivity contribution < 1.29 is 9.18 Å². The van der Waals surface area contributed by atoms with Gasteiger partial charge in [0, 0.05) is 5.56 Å². The van der Waals surface area contributed by atoms with Crippen molar-refractivity contribution in [1.29, 1.82) is 0 Å². The van der Waals surface area contributed by atoms with Crippen LogP contribution in [-0.4, -0.2) is 6.08 Å². The zero-order valence-corrected chi connectivity index (χ0v) is 8.59. The van der Waals surface area contributed by atoms with Gasteiger partial charge in [-0.2, -0.15) is 4.99 Å². The van der Waals surface area contributed by atoms with Gasteiger partial charge in [0.1, 0.15) is 11.4 Å². The van der Waals surface area contributed by atoms with Crippen LogP contribution in [0, 0.1) is 12.7 Å². The Hall–Kier alpha value is -1.47. The molecule has 0 heterocycles. The lowest BCUT2D eigenvalue weighted by atomic mass is 9.72. The molecule has 1 aromatic rings. The largest absolute Gasteiger partial charge is 0.235 e. The van der Waals surface area contributed by atoms with Gasteiger partial charge in [0.25, 0.3) is 0 Å². The lowest BCUT2D eigenvalue weighted by Gasteiger charge is -2.37. The van der Waals surface area contributed by atoms with Crippen LogP contribution in [0.25, 0.3) is 0 Å². The number of benzene rings is 1. The van der Waals surface area contributed by atoms with Gasteiger partial charge in [-0.25, -0.2) is 9.18 Å². The van der Waals surface area contributed by atoms with Crippen molar-refractivity contribution in [2.24, 2.45) is 4.99 Å². The fourth-order valence-corrected chi connectivity index (χ4v) is 2.04. The lowest BCUT2D eigenvalue weighted by molar-refractivity contribution is 0.247. The third-order valence-corrected chi connectivity index (χ3v) is 3.06. The third-order valence-electron chi connectivity index (χ3n) is 3.06. The second-order valence-electron chi connectivity index (χ2n) is 4.07. The predicted molar refractivity (Wildman–Crippen MR) is 54.8 cm³/mol. The topological polar surface area (TPSA) is 29.4 Å². The molecule has 0 radical (unpaired) electrons. The molecule has 3 heteroatoms. The lowest BCUT2D eigenvalue weighted by Crippen LogP contribution is -2.33. The first-order valence-electron chi connectivity index (χ1n) is 5.04. The molecule has 1 fully saturated rings. The molecule has 1 aliphatic rings. The number of aryl methyl sites for hydroxylation is 1. The standard InChI is InChI=1S/C12H12FNO/c1-9-3-4-11(13)10(7-9)12(14-8-15)5-2-6-12/h3-4,7H,2,5-6H2,1H3. The van der Waals surface area contributed by atoms with Crippen molar-refractivity contribution >= 4 is 6.08 Å². The molecule has 0 aliphatic heterocycles. The Morgan fingerprint density at radius 2 is 2.20 bits per heavy atom. The first-order valence-corrected chi connectivity index (χ1v) is 5.04. The fraction of sp³-hybridized carbons (Fsp3) is 0.417. The first-order chi connectivity index (χ1) is 7.18. The van der Waals surface area contributed by atoms with E-state index in [2.05, 4.69) is 4.99 Å². The van der Waals surface area contributed by atoms with E-state index < -0.39 is 5.54 Å². The number of hydrogen-bond donors (Lipinski definition) is 0. The highest BCUT2D eigenvalue weighted by atomic mass is 19.1. The summed E-state index contributed by atoms with van der Waals surface area (Å²) in [4.78, 5) is 14.2. The number of nitrogens with zero attached hydrogens (tertiary/aromatic N) is 1. The third kappa shape index (κ3) is 1.59. The summed E-state index contributed by atoms with van der Waals surface area (Å²) in [5.74, 6) is -0.278. The monoisotopic (exact) mass is 205 g/mol. The van der Waals surface area contributed by atoms with E-state index in [0.29, 0.717) is 5.56 Å². The van der Waals surface area contributed by atoms with E-state index in [4.69, 9.17) is 0 Å². The summed E-state index contributed by atoms with van der Waals surface area (Å²) in [7, 11) is 0. The molecule has 2 nitrogen and oxygen atoms in total. The number of halogens is 1. The zero-order valence-electron chi connectivity index (χ0n) is 8.59. The zero-order chi connectivity index (χ0) is 10.9. The highest BCUT2D eigenvalue weighted by Gasteiger charge is 2.40. The van der Waals surface area contributed by atoms with Crippen molar-refractivity contribution in [3.8, 4) is 0 Å². The van der Waals surface area contributed by atoms with E-state index in [1.165, 1.54) is 6.07 Å². The molecule has 2 rings (SSSR count). The summed E-state index contributed by atoms with van der Waals surface area (Å²) < 4.78 is 13.6. The van der Waals surface area contributed by atoms with E-state index in [1.807, 2.05) is 6.92 Å². The van der Waals surface area contributed by atoms with E-state index in [0.717, 1.165) is 24.8 Å². The average molecular weight is 205 g/mol. The first kappa shape index (κ1) is 10.1. The van der Waals surface area contributed by atoms with Gasteiger partial charge in [0.05, 0.1) is 0 Å². The Kier molecular flexibility index (Phi) is 2.41. The summed E-state index contributed by atoms with van der Waals surface area (Å²) in [5.41, 5.74) is 0.897. The molecule has 0 unspecified atom stereocenters. The van der Waals surface area contributed by atoms with Crippen LogP contribution in [0.1, 0.15) is 30.4 Å².